The van der Waals surface area contributed by atoms with Gasteiger partial charge in [0, 0.05) is 30.1 Å². The lowest BCUT2D eigenvalue weighted by Crippen LogP contribution is -2.34. The maximum absolute atomic E-state index is 12.7. The van der Waals surface area contributed by atoms with Crippen molar-refractivity contribution < 1.29 is 4.79 Å². The Bertz CT molecular complexity index is 653. The number of hydrogen-bond donors (Lipinski definition) is 1. The van der Waals surface area contributed by atoms with E-state index in [0.29, 0.717) is 24.0 Å². The highest BCUT2D eigenvalue weighted by molar-refractivity contribution is 6.30. The first-order valence-corrected chi connectivity index (χ1v) is 8.36. The van der Waals surface area contributed by atoms with Crippen LogP contribution >= 0.6 is 11.6 Å². The summed E-state index contributed by atoms with van der Waals surface area (Å²) in [5.74, 6) is 0.124. The number of rotatable bonds is 6. The van der Waals surface area contributed by atoms with Crippen LogP contribution in [-0.2, 0) is 11.3 Å². The minimum atomic E-state index is -0.254. The first-order chi connectivity index (χ1) is 11.1. The largest absolute Gasteiger partial charge is 0.335 e. The number of halogens is 1. The fraction of sp³-hybridized carbons (Fsp3) is 0.316. The molecule has 4 heteroatoms. The van der Waals surface area contributed by atoms with Gasteiger partial charge in [-0.15, -0.1) is 0 Å². The molecule has 0 saturated heterocycles. The molecule has 2 aromatic rings. The highest BCUT2D eigenvalue weighted by Gasteiger charge is 2.33. The van der Waals surface area contributed by atoms with Gasteiger partial charge in [0.1, 0.15) is 0 Å². The Balaban J connectivity index is 1.66. The van der Waals surface area contributed by atoms with Crippen LogP contribution in [0.3, 0.4) is 0 Å². The van der Waals surface area contributed by atoms with Gasteiger partial charge in [0.05, 0.1) is 0 Å². The Labute approximate surface area is 142 Å². The molecule has 3 rings (SSSR count). The van der Waals surface area contributed by atoms with Crippen molar-refractivity contribution in [3.63, 3.8) is 0 Å². The van der Waals surface area contributed by atoms with Gasteiger partial charge in [0.2, 0.25) is 5.91 Å². The van der Waals surface area contributed by atoms with Gasteiger partial charge < -0.3 is 10.6 Å². The number of hydrogen-bond acceptors (Lipinski definition) is 2. The van der Waals surface area contributed by atoms with Crippen LogP contribution in [0.2, 0.25) is 5.02 Å². The molecule has 0 bridgehead atoms. The summed E-state index contributed by atoms with van der Waals surface area (Å²) >= 11 is 5.93. The van der Waals surface area contributed by atoms with Crippen LogP contribution in [0, 0.1) is 0 Å². The molecule has 0 heterocycles. The average molecular weight is 329 g/mol. The van der Waals surface area contributed by atoms with E-state index in [4.69, 9.17) is 17.3 Å². The highest BCUT2D eigenvalue weighted by Crippen LogP contribution is 2.30. The van der Waals surface area contributed by atoms with E-state index in [2.05, 4.69) is 0 Å². The van der Waals surface area contributed by atoms with Crippen LogP contribution in [-0.4, -0.2) is 16.8 Å². The second kappa shape index (κ2) is 7.16. The van der Waals surface area contributed by atoms with Crippen molar-refractivity contribution >= 4 is 17.5 Å². The van der Waals surface area contributed by atoms with E-state index in [1.54, 1.807) is 0 Å². The lowest BCUT2D eigenvalue weighted by molar-refractivity contribution is -0.132. The van der Waals surface area contributed by atoms with Crippen molar-refractivity contribution in [3.05, 3.63) is 70.7 Å². The highest BCUT2D eigenvalue weighted by atomic mass is 35.5. The molecular formula is C19H21ClN2O. The minimum absolute atomic E-state index is 0.124. The number of carbonyl (C=O) groups is 1. The SMILES string of the molecule is NC(CC(=O)N(Cc1ccc(Cl)cc1)C1CC1)c1ccccc1. The van der Waals surface area contributed by atoms with Gasteiger partial charge in [-0.05, 0) is 36.1 Å². The standard InChI is InChI=1S/C19H21ClN2O/c20-16-8-6-14(7-9-16)13-22(17-10-11-17)19(23)12-18(21)15-4-2-1-3-5-15/h1-9,17-18H,10-13,21H2. The predicted molar refractivity (Wildman–Crippen MR) is 93.0 cm³/mol. The molecule has 1 atom stereocenters. The van der Waals surface area contributed by atoms with Gasteiger partial charge in [0.15, 0.2) is 0 Å². The second-order valence-corrected chi connectivity index (χ2v) is 6.54. The lowest BCUT2D eigenvalue weighted by atomic mass is 10.0. The van der Waals surface area contributed by atoms with Gasteiger partial charge in [-0.25, -0.2) is 0 Å². The summed E-state index contributed by atoms with van der Waals surface area (Å²) in [6.07, 6.45) is 2.51. The van der Waals surface area contributed by atoms with Crippen LogP contribution in [0.5, 0.6) is 0 Å². The maximum Gasteiger partial charge on any atom is 0.225 e. The normalized spacial score (nSPS) is 15.2. The quantitative estimate of drug-likeness (QED) is 0.873. The Morgan fingerprint density at radius 1 is 1.13 bits per heavy atom. The molecule has 1 saturated carbocycles. The number of amides is 1. The molecule has 1 fully saturated rings. The van der Waals surface area contributed by atoms with Crippen molar-refractivity contribution in [3.8, 4) is 0 Å². The van der Waals surface area contributed by atoms with Gasteiger partial charge >= 0.3 is 0 Å². The van der Waals surface area contributed by atoms with Crippen molar-refractivity contribution in [2.24, 2.45) is 5.73 Å². The van der Waals surface area contributed by atoms with E-state index in [1.165, 1.54) is 0 Å². The molecule has 0 radical (unpaired) electrons. The van der Waals surface area contributed by atoms with E-state index in [9.17, 15) is 4.79 Å². The molecule has 0 spiro atoms. The molecule has 23 heavy (non-hydrogen) atoms. The molecule has 2 aromatic carbocycles. The fourth-order valence-corrected chi connectivity index (χ4v) is 2.84. The average Bonchev–Trinajstić information content (AvgIpc) is 3.39. The Morgan fingerprint density at radius 3 is 2.39 bits per heavy atom. The van der Waals surface area contributed by atoms with E-state index < -0.39 is 0 Å². The van der Waals surface area contributed by atoms with Crippen molar-refractivity contribution in [2.75, 3.05) is 0 Å². The third-order valence-electron chi connectivity index (χ3n) is 4.20. The summed E-state index contributed by atoms with van der Waals surface area (Å²) in [7, 11) is 0. The summed E-state index contributed by atoms with van der Waals surface area (Å²) in [6, 6.07) is 17.6. The molecule has 1 aliphatic rings. The van der Waals surface area contributed by atoms with Crippen molar-refractivity contribution in [2.45, 2.75) is 37.9 Å². The molecule has 120 valence electrons. The zero-order chi connectivity index (χ0) is 16.2. The summed E-state index contributed by atoms with van der Waals surface area (Å²) in [5.41, 5.74) is 8.31. The van der Waals surface area contributed by atoms with Gasteiger partial charge in [-0.1, -0.05) is 54.1 Å². The number of carbonyl (C=O) groups excluding carboxylic acids is 1. The van der Waals surface area contributed by atoms with E-state index in [0.717, 1.165) is 24.0 Å². The first-order valence-electron chi connectivity index (χ1n) is 7.98. The maximum atomic E-state index is 12.7. The van der Waals surface area contributed by atoms with Crippen LogP contribution in [0.25, 0.3) is 0 Å². The van der Waals surface area contributed by atoms with Gasteiger partial charge in [-0.3, -0.25) is 4.79 Å². The topological polar surface area (TPSA) is 46.3 Å². The lowest BCUT2D eigenvalue weighted by Gasteiger charge is -2.24. The molecule has 0 aromatic heterocycles. The molecule has 1 amide bonds. The predicted octanol–water partition coefficient (Wildman–Crippen LogP) is 3.92. The Hall–Kier alpha value is -1.84. The summed E-state index contributed by atoms with van der Waals surface area (Å²) in [5, 5.41) is 0.712. The van der Waals surface area contributed by atoms with E-state index >= 15 is 0 Å². The van der Waals surface area contributed by atoms with Gasteiger partial charge in [-0.2, -0.15) is 0 Å². The Kier molecular flexibility index (Phi) is 4.99. The minimum Gasteiger partial charge on any atom is -0.335 e. The van der Waals surface area contributed by atoms with Crippen LogP contribution in [0.15, 0.2) is 54.6 Å². The third-order valence-corrected chi connectivity index (χ3v) is 4.45. The smallest absolute Gasteiger partial charge is 0.225 e. The monoisotopic (exact) mass is 328 g/mol. The van der Waals surface area contributed by atoms with Crippen molar-refractivity contribution in [1.29, 1.82) is 0 Å². The van der Waals surface area contributed by atoms with E-state index in [1.807, 2.05) is 59.5 Å². The van der Waals surface area contributed by atoms with Crippen LogP contribution in [0.1, 0.15) is 36.4 Å². The van der Waals surface area contributed by atoms with Gasteiger partial charge in [0.25, 0.3) is 0 Å². The molecular weight excluding hydrogens is 308 g/mol. The molecule has 3 nitrogen and oxygen atoms in total. The molecule has 1 unspecified atom stereocenters. The molecule has 1 aliphatic carbocycles. The third kappa shape index (κ3) is 4.34. The number of benzene rings is 2. The summed E-state index contributed by atoms with van der Waals surface area (Å²) < 4.78 is 0. The summed E-state index contributed by atoms with van der Waals surface area (Å²) in [4.78, 5) is 14.7. The number of nitrogens with two attached hydrogens (primary N) is 1. The Morgan fingerprint density at radius 2 is 1.78 bits per heavy atom. The summed E-state index contributed by atoms with van der Waals surface area (Å²) in [6.45, 7) is 0.627. The first kappa shape index (κ1) is 16.0. The number of nitrogens with zero attached hydrogens (tertiary/aromatic N) is 1. The fourth-order valence-electron chi connectivity index (χ4n) is 2.72. The van der Waals surface area contributed by atoms with Crippen LogP contribution in [0.4, 0.5) is 0 Å². The molecule has 2 N–H and O–H groups in total. The zero-order valence-corrected chi connectivity index (χ0v) is 13.7. The zero-order valence-electron chi connectivity index (χ0n) is 13.0. The van der Waals surface area contributed by atoms with Crippen LogP contribution < -0.4 is 5.73 Å². The second-order valence-electron chi connectivity index (χ2n) is 6.10. The van der Waals surface area contributed by atoms with E-state index in [-0.39, 0.29) is 11.9 Å². The molecule has 0 aliphatic heterocycles. The van der Waals surface area contributed by atoms with Crippen molar-refractivity contribution in [1.82, 2.24) is 4.90 Å².